The van der Waals surface area contributed by atoms with Crippen molar-refractivity contribution in [2.24, 2.45) is 0 Å². The molecule has 0 radical (unpaired) electrons. The zero-order valence-corrected chi connectivity index (χ0v) is 14.1. The normalized spacial score (nSPS) is 10.7. The highest BCUT2D eigenvalue weighted by Crippen LogP contribution is 2.23. The molecule has 0 aliphatic heterocycles. The summed E-state index contributed by atoms with van der Waals surface area (Å²) in [6.07, 6.45) is 0.912. The molecular weight excluding hydrogens is 340 g/mol. The number of aromatic nitrogens is 2. The Bertz CT molecular complexity index is 638. The first-order valence-corrected chi connectivity index (χ1v) is 8.26. The van der Waals surface area contributed by atoms with Gasteiger partial charge in [0.25, 0.3) is 0 Å². The third-order valence-electron chi connectivity index (χ3n) is 2.70. The summed E-state index contributed by atoms with van der Waals surface area (Å²) >= 11 is 10.5. The van der Waals surface area contributed by atoms with Crippen LogP contribution >= 0.6 is 39.9 Å². The largest absolute Gasteiger partial charge is 0.345 e. The summed E-state index contributed by atoms with van der Waals surface area (Å²) in [5, 5.41) is 0. The Kier molecular flexibility index (Phi) is 5.19. The zero-order valence-electron chi connectivity index (χ0n) is 10.9. The van der Waals surface area contributed by atoms with Crippen molar-refractivity contribution in [1.82, 2.24) is 9.97 Å². The Morgan fingerprint density at radius 1 is 1.42 bits per heavy atom. The molecule has 0 atom stereocenters. The standard InChI is InChI=1S/C14H15BrN2S2/c1-3-11-13(15)14(18)17-12(16-11)8-19-10-6-4-5-9(2)7-10/h4-7H,3,8H2,1-2H3,(H,16,17,18). The smallest absolute Gasteiger partial charge is 0.144 e. The molecule has 0 unspecified atom stereocenters. The second-order valence-corrected chi connectivity index (χ2v) is 6.47. The van der Waals surface area contributed by atoms with Crippen LogP contribution in [0.2, 0.25) is 0 Å². The van der Waals surface area contributed by atoms with Crippen LogP contribution in [0.5, 0.6) is 0 Å². The molecule has 1 aromatic carbocycles. The van der Waals surface area contributed by atoms with E-state index in [0.717, 1.165) is 28.2 Å². The number of hydrogen-bond donors (Lipinski definition) is 1. The molecule has 5 heteroatoms. The Labute approximate surface area is 131 Å². The molecule has 1 aromatic heterocycles. The van der Waals surface area contributed by atoms with E-state index in [-0.39, 0.29) is 0 Å². The fourth-order valence-corrected chi connectivity index (χ4v) is 3.31. The van der Waals surface area contributed by atoms with Crippen molar-refractivity contribution < 1.29 is 0 Å². The second kappa shape index (κ2) is 6.68. The summed E-state index contributed by atoms with van der Waals surface area (Å²) in [7, 11) is 0. The van der Waals surface area contributed by atoms with Gasteiger partial charge >= 0.3 is 0 Å². The minimum atomic E-state index is 0.635. The van der Waals surface area contributed by atoms with Gasteiger partial charge in [-0.2, -0.15) is 0 Å². The van der Waals surface area contributed by atoms with E-state index in [9.17, 15) is 0 Å². The van der Waals surface area contributed by atoms with Gasteiger partial charge in [-0.1, -0.05) is 36.8 Å². The van der Waals surface area contributed by atoms with Crippen molar-refractivity contribution in [2.45, 2.75) is 30.9 Å². The van der Waals surface area contributed by atoms with Gasteiger partial charge in [-0.3, -0.25) is 0 Å². The molecule has 0 fully saturated rings. The van der Waals surface area contributed by atoms with E-state index in [1.165, 1.54) is 10.5 Å². The molecule has 2 aromatic rings. The van der Waals surface area contributed by atoms with Crippen molar-refractivity contribution in [3.63, 3.8) is 0 Å². The van der Waals surface area contributed by atoms with Gasteiger partial charge in [0.1, 0.15) is 10.5 Å². The third kappa shape index (κ3) is 3.91. The molecule has 0 saturated heterocycles. The predicted octanol–water partition coefficient (Wildman–Crippen LogP) is 5.06. The number of halogens is 1. The minimum Gasteiger partial charge on any atom is -0.345 e. The van der Waals surface area contributed by atoms with Crippen molar-refractivity contribution >= 4 is 39.9 Å². The lowest BCUT2D eigenvalue weighted by molar-refractivity contribution is 0.920. The Balaban J connectivity index is 2.16. The first kappa shape index (κ1) is 14.8. The third-order valence-corrected chi connectivity index (χ3v) is 5.12. The molecule has 0 spiro atoms. The molecule has 2 nitrogen and oxygen atoms in total. The molecule has 19 heavy (non-hydrogen) atoms. The summed E-state index contributed by atoms with van der Waals surface area (Å²) in [5.41, 5.74) is 2.38. The lowest BCUT2D eigenvalue weighted by Crippen LogP contribution is -1.99. The first-order valence-electron chi connectivity index (χ1n) is 6.07. The van der Waals surface area contributed by atoms with Crippen LogP contribution in [0.1, 0.15) is 24.0 Å². The maximum Gasteiger partial charge on any atom is 0.144 e. The van der Waals surface area contributed by atoms with Crippen molar-refractivity contribution in [1.29, 1.82) is 0 Å². The van der Waals surface area contributed by atoms with Gasteiger partial charge in [-0.15, -0.1) is 11.8 Å². The SMILES string of the molecule is CCc1[nH]c(CSc2cccc(C)c2)nc(=S)c1Br. The molecule has 0 saturated carbocycles. The van der Waals surface area contributed by atoms with Crippen LogP contribution in [0, 0.1) is 11.6 Å². The van der Waals surface area contributed by atoms with Crippen LogP contribution in [-0.4, -0.2) is 9.97 Å². The highest BCUT2D eigenvalue weighted by atomic mass is 79.9. The summed E-state index contributed by atoms with van der Waals surface area (Å²) < 4.78 is 1.55. The van der Waals surface area contributed by atoms with Gasteiger partial charge in [-0.05, 0) is 41.4 Å². The predicted molar refractivity (Wildman–Crippen MR) is 87.2 cm³/mol. The summed E-state index contributed by atoms with van der Waals surface area (Å²) in [4.78, 5) is 9.00. The molecule has 100 valence electrons. The lowest BCUT2D eigenvalue weighted by atomic mass is 10.2. The minimum absolute atomic E-state index is 0.635. The second-order valence-electron chi connectivity index (χ2n) is 4.24. The van der Waals surface area contributed by atoms with Crippen LogP contribution in [0.3, 0.4) is 0 Å². The summed E-state index contributed by atoms with van der Waals surface area (Å²) in [6, 6.07) is 8.47. The molecular formula is C14H15BrN2S2. The van der Waals surface area contributed by atoms with Gasteiger partial charge in [0, 0.05) is 10.6 Å². The number of rotatable bonds is 4. The monoisotopic (exact) mass is 354 g/mol. The number of thioether (sulfide) groups is 1. The summed E-state index contributed by atoms with van der Waals surface area (Å²) in [5.74, 6) is 1.73. The van der Waals surface area contributed by atoms with Crippen molar-refractivity contribution in [2.75, 3.05) is 0 Å². The highest BCUT2D eigenvalue weighted by molar-refractivity contribution is 9.10. The Morgan fingerprint density at radius 3 is 2.89 bits per heavy atom. The van der Waals surface area contributed by atoms with E-state index in [4.69, 9.17) is 12.2 Å². The van der Waals surface area contributed by atoms with E-state index in [1.807, 2.05) is 0 Å². The fraction of sp³-hybridized carbons (Fsp3) is 0.286. The number of nitrogens with one attached hydrogen (secondary N) is 1. The molecule has 0 bridgehead atoms. The number of aromatic amines is 1. The van der Waals surface area contributed by atoms with E-state index in [0.29, 0.717) is 4.64 Å². The zero-order chi connectivity index (χ0) is 13.8. The van der Waals surface area contributed by atoms with E-state index in [1.54, 1.807) is 11.8 Å². The topological polar surface area (TPSA) is 28.7 Å². The Hall–Kier alpha value is -0.650. The van der Waals surface area contributed by atoms with Gasteiger partial charge in [0.05, 0.1) is 10.2 Å². The lowest BCUT2D eigenvalue weighted by Gasteiger charge is -2.07. The van der Waals surface area contributed by atoms with Crippen LogP contribution in [0.15, 0.2) is 33.6 Å². The van der Waals surface area contributed by atoms with Crippen LogP contribution in [-0.2, 0) is 12.2 Å². The maximum atomic E-state index is 5.26. The number of nitrogens with zero attached hydrogens (tertiary/aromatic N) is 1. The first-order chi connectivity index (χ1) is 9.10. The maximum absolute atomic E-state index is 5.26. The van der Waals surface area contributed by atoms with E-state index >= 15 is 0 Å². The highest BCUT2D eigenvalue weighted by Gasteiger charge is 2.05. The van der Waals surface area contributed by atoms with Crippen molar-refractivity contribution in [3.05, 3.63) is 50.5 Å². The van der Waals surface area contributed by atoms with Gasteiger partial charge in [0.2, 0.25) is 0 Å². The molecule has 1 N–H and O–H groups in total. The Morgan fingerprint density at radius 2 is 2.21 bits per heavy atom. The number of benzene rings is 1. The summed E-state index contributed by atoms with van der Waals surface area (Å²) in [6.45, 7) is 4.20. The molecule has 0 aliphatic rings. The van der Waals surface area contributed by atoms with Crippen LogP contribution in [0.25, 0.3) is 0 Å². The average molecular weight is 355 g/mol. The average Bonchev–Trinajstić information content (AvgIpc) is 2.40. The van der Waals surface area contributed by atoms with Gasteiger partial charge in [-0.25, -0.2) is 4.98 Å². The van der Waals surface area contributed by atoms with Gasteiger partial charge in [0.15, 0.2) is 0 Å². The fourth-order valence-electron chi connectivity index (χ4n) is 1.73. The quantitative estimate of drug-likeness (QED) is 0.614. The molecule has 0 aliphatic carbocycles. The molecule has 2 rings (SSSR count). The van der Waals surface area contributed by atoms with Crippen LogP contribution < -0.4 is 0 Å². The number of H-pyrrole nitrogens is 1. The van der Waals surface area contributed by atoms with Gasteiger partial charge < -0.3 is 4.98 Å². The molecule has 1 heterocycles. The van der Waals surface area contributed by atoms with E-state index in [2.05, 4.69) is 64.0 Å². The number of hydrogen-bond acceptors (Lipinski definition) is 3. The van der Waals surface area contributed by atoms with Crippen LogP contribution in [0.4, 0.5) is 0 Å². The van der Waals surface area contributed by atoms with E-state index < -0.39 is 0 Å². The van der Waals surface area contributed by atoms with Crippen molar-refractivity contribution in [3.8, 4) is 0 Å². The number of aryl methyl sites for hydroxylation is 2. The molecule has 0 amide bonds.